The van der Waals surface area contributed by atoms with Crippen LogP contribution in [0.3, 0.4) is 0 Å². The number of nitrogens with one attached hydrogen (secondary N) is 1. The third-order valence-electron chi connectivity index (χ3n) is 6.65. The fourth-order valence-electron chi connectivity index (χ4n) is 4.91. The highest BCUT2D eigenvalue weighted by Crippen LogP contribution is 2.36. The zero-order valence-corrected chi connectivity index (χ0v) is 21.7. The number of alkyl halides is 2. The highest BCUT2D eigenvalue weighted by Gasteiger charge is 2.40. The Labute approximate surface area is 221 Å². The number of benzene rings is 1. The van der Waals surface area contributed by atoms with E-state index in [0.717, 1.165) is 29.6 Å². The second-order valence-corrected chi connectivity index (χ2v) is 10.6. The molecule has 3 aromatic rings. The number of fused-ring (bicyclic) bond motifs is 1. The lowest BCUT2D eigenvalue weighted by Gasteiger charge is -2.40. The Balaban J connectivity index is 1.34. The maximum absolute atomic E-state index is 14.7. The Hall–Kier alpha value is -3.59. The third-order valence-corrected chi connectivity index (χ3v) is 6.65. The van der Waals surface area contributed by atoms with Crippen LogP contribution in [0.5, 0.6) is 0 Å². The molecule has 0 bridgehead atoms. The summed E-state index contributed by atoms with van der Waals surface area (Å²) in [5.74, 6) is -0.953. The molecule has 4 heterocycles. The number of tetrazole rings is 1. The average Bonchev–Trinajstić information content (AvgIpc) is 3.56. The van der Waals surface area contributed by atoms with E-state index in [4.69, 9.17) is 9.47 Å². The summed E-state index contributed by atoms with van der Waals surface area (Å²) in [5.41, 5.74) is 0.813. The first-order chi connectivity index (χ1) is 18.4. The lowest BCUT2D eigenvalue weighted by atomic mass is 9.92. The predicted molar refractivity (Wildman–Crippen MR) is 127 cm³/mol. The van der Waals surface area contributed by atoms with E-state index >= 15 is 0 Å². The maximum atomic E-state index is 14.7. The molecule has 0 radical (unpaired) electrons. The van der Waals surface area contributed by atoms with Crippen LogP contribution < -0.4 is 5.32 Å². The van der Waals surface area contributed by atoms with Gasteiger partial charge in [0.15, 0.2) is 5.82 Å². The molecule has 2 aliphatic rings. The van der Waals surface area contributed by atoms with Crippen LogP contribution in [0.2, 0.25) is 0 Å². The molecule has 1 aromatic carbocycles. The molecule has 0 aliphatic carbocycles. The number of hydrogen-bond donors (Lipinski definition) is 1. The van der Waals surface area contributed by atoms with Crippen molar-refractivity contribution in [3.63, 3.8) is 0 Å². The molecule has 39 heavy (non-hydrogen) atoms. The molecule has 0 unspecified atom stereocenters. The molecule has 15 heteroatoms. The molecule has 2 aromatic heterocycles. The van der Waals surface area contributed by atoms with Gasteiger partial charge in [-0.3, -0.25) is 4.90 Å². The van der Waals surface area contributed by atoms with Crippen molar-refractivity contribution in [2.75, 3.05) is 6.61 Å². The molecule has 1 saturated heterocycles. The number of rotatable bonds is 5. The van der Waals surface area contributed by atoms with Crippen molar-refractivity contribution in [2.24, 2.45) is 7.05 Å². The van der Waals surface area contributed by atoms with Crippen molar-refractivity contribution in [3.8, 4) is 11.6 Å². The molecule has 210 valence electrons. The van der Waals surface area contributed by atoms with E-state index < -0.39 is 42.0 Å². The van der Waals surface area contributed by atoms with Crippen molar-refractivity contribution < 1.29 is 31.8 Å². The molecule has 1 N–H and O–H groups in total. The highest BCUT2D eigenvalue weighted by molar-refractivity contribution is 5.68. The molecule has 2 aliphatic heterocycles. The third kappa shape index (κ3) is 5.59. The van der Waals surface area contributed by atoms with Crippen molar-refractivity contribution in [2.45, 2.75) is 70.6 Å². The van der Waals surface area contributed by atoms with Gasteiger partial charge in [-0.25, -0.2) is 18.6 Å². The van der Waals surface area contributed by atoms with E-state index in [1.165, 1.54) is 0 Å². The second-order valence-electron chi connectivity index (χ2n) is 10.6. The molecular weight excluding hydrogens is 524 g/mol. The number of imidazole rings is 1. The smallest absolute Gasteiger partial charge is 0.407 e. The van der Waals surface area contributed by atoms with E-state index in [9.17, 15) is 22.4 Å². The molecule has 1 fully saturated rings. The quantitative estimate of drug-likeness (QED) is 0.479. The molecule has 0 spiro atoms. The number of hydrogen-bond acceptors (Lipinski definition) is 8. The molecular formula is C24H28F4N8O3. The van der Waals surface area contributed by atoms with Gasteiger partial charge in [-0.2, -0.15) is 8.78 Å². The van der Waals surface area contributed by atoms with Crippen LogP contribution in [0, 0.1) is 11.6 Å². The predicted octanol–water partition coefficient (Wildman–Crippen LogP) is 3.49. The number of alkyl carbamates (subject to hydrolysis) is 1. The topological polar surface area (TPSA) is 112 Å². The van der Waals surface area contributed by atoms with Crippen LogP contribution in [-0.2, 0) is 29.6 Å². The number of aromatic nitrogens is 6. The van der Waals surface area contributed by atoms with Gasteiger partial charge in [0, 0.05) is 31.7 Å². The first-order valence-electron chi connectivity index (χ1n) is 12.3. The van der Waals surface area contributed by atoms with Crippen LogP contribution in [0.15, 0.2) is 18.2 Å². The minimum atomic E-state index is -2.91. The monoisotopic (exact) mass is 552 g/mol. The molecule has 0 saturated carbocycles. The lowest BCUT2D eigenvalue weighted by molar-refractivity contribution is -0.0630. The van der Waals surface area contributed by atoms with Gasteiger partial charge in [-0.1, -0.05) is 4.80 Å². The largest absolute Gasteiger partial charge is 0.444 e. The fourth-order valence-corrected chi connectivity index (χ4v) is 4.91. The number of halogens is 4. The summed E-state index contributed by atoms with van der Waals surface area (Å²) in [6, 6.07) is 2.20. The van der Waals surface area contributed by atoms with Crippen LogP contribution in [0.25, 0.3) is 11.6 Å². The second kappa shape index (κ2) is 10.2. The Bertz CT molecular complexity index is 1370. The van der Waals surface area contributed by atoms with Gasteiger partial charge in [0.1, 0.15) is 23.3 Å². The highest BCUT2D eigenvalue weighted by atomic mass is 19.3. The van der Waals surface area contributed by atoms with Gasteiger partial charge in [0.25, 0.3) is 0 Å². The molecule has 5 rings (SSSR count). The van der Waals surface area contributed by atoms with Gasteiger partial charge in [0.05, 0.1) is 24.0 Å². The van der Waals surface area contributed by atoms with E-state index in [1.807, 2.05) is 0 Å². The Kier molecular flexibility index (Phi) is 7.05. The summed E-state index contributed by atoms with van der Waals surface area (Å²) < 4.78 is 67.6. The fraction of sp³-hybridized carbons (Fsp3) is 0.542. The van der Waals surface area contributed by atoms with Gasteiger partial charge in [-0.05, 0) is 50.6 Å². The van der Waals surface area contributed by atoms with Gasteiger partial charge < -0.3 is 19.4 Å². The molecule has 3 atom stereocenters. The van der Waals surface area contributed by atoms with E-state index in [-0.39, 0.29) is 28.8 Å². The van der Waals surface area contributed by atoms with E-state index in [1.54, 1.807) is 32.4 Å². The number of carbonyl (C=O) groups excluding carboxylic acids is 1. The van der Waals surface area contributed by atoms with Crippen LogP contribution >= 0.6 is 0 Å². The lowest BCUT2D eigenvalue weighted by Crippen LogP contribution is -2.52. The normalized spacial score (nSPS) is 21.8. The van der Waals surface area contributed by atoms with E-state index in [2.05, 4.69) is 30.6 Å². The maximum Gasteiger partial charge on any atom is 0.407 e. The van der Waals surface area contributed by atoms with Crippen molar-refractivity contribution in [1.82, 2.24) is 40.0 Å². The number of nitrogens with zero attached hydrogens (tertiary/aromatic N) is 7. The summed E-state index contributed by atoms with van der Waals surface area (Å²) in [5, 5.41) is 13.5. The van der Waals surface area contributed by atoms with Crippen LogP contribution in [-0.4, -0.2) is 65.0 Å². The molecule has 11 nitrogen and oxygen atoms in total. The summed E-state index contributed by atoms with van der Waals surface area (Å²) in [6.07, 6.45) is -1.26. The van der Waals surface area contributed by atoms with Crippen LogP contribution in [0.1, 0.15) is 56.8 Å². The average molecular weight is 553 g/mol. The summed E-state index contributed by atoms with van der Waals surface area (Å²) >= 11 is 0. The molecule has 1 amide bonds. The van der Waals surface area contributed by atoms with Crippen molar-refractivity contribution in [3.05, 3.63) is 46.8 Å². The van der Waals surface area contributed by atoms with Gasteiger partial charge >= 0.3 is 12.6 Å². The van der Waals surface area contributed by atoms with Gasteiger partial charge in [0.2, 0.25) is 5.82 Å². The SMILES string of the molecule is Cn1c(-c2nnn(C(F)F)n2)nc2c1CN([C@H]1CO[C@H](c3cc(F)ccc3F)[C@@H](NC(=O)OC(C)(C)C)C1)C2. The Morgan fingerprint density at radius 2 is 2.00 bits per heavy atom. The number of amides is 1. The van der Waals surface area contributed by atoms with Crippen molar-refractivity contribution in [1.29, 1.82) is 0 Å². The minimum absolute atomic E-state index is 0.00914. The van der Waals surface area contributed by atoms with E-state index in [0.29, 0.717) is 25.3 Å². The Morgan fingerprint density at radius 1 is 1.23 bits per heavy atom. The first-order valence-corrected chi connectivity index (χ1v) is 12.3. The zero-order valence-electron chi connectivity index (χ0n) is 21.7. The summed E-state index contributed by atoms with van der Waals surface area (Å²) in [7, 11) is 1.74. The summed E-state index contributed by atoms with van der Waals surface area (Å²) in [6.45, 7) is 3.32. The first kappa shape index (κ1) is 27.0. The van der Waals surface area contributed by atoms with Crippen LogP contribution in [0.4, 0.5) is 22.4 Å². The summed E-state index contributed by atoms with van der Waals surface area (Å²) in [4.78, 5) is 19.5. The standard InChI is InChI=1S/C24H28F4N8O3/c1-24(2,3)39-23(37)30-16-8-13(11-38-19(16)14-7-12(25)5-6-15(14)26)35-9-17-18(10-35)34(4)21(29-17)20-31-33-36(32-20)22(27)28/h5-7,13,16,19,22H,8-11H2,1-4H3,(H,30,37)/t13-,16+,19-/m1/s1. The number of ether oxygens (including phenoxy) is 2. The minimum Gasteiger partial charge on any atom is -0.444 e. The zero-order chi connectivity index (χ0) is 28.1. The number of carbonyl (C=O) groups is 1. The van der Waals surface area contributed by atoms with Gasteiger partial charge in [-0.15, -0.1) is 10.2 Å². The van der Waals surface area contributed by atoms with Crippen molar-refractivity contribution >= 4 is 6.09 Å². The Morgan fingerprint density at radius 3 is 2.67 bits per heavy atom.